The van der Waals surface area contributed by atoms with Crippen LogP contribution in [0.25, 0.3) is 6.08 Å². The fraction of sp³-hybridized carbons (Fsp3) is 0.286. The number of ether oxygens (including phenoxy) is 1. The molecule has 0 bridgehead atoms. The molecule has 0 amide bonds. The molecule has 0 heterocycles. The molecular weight excluding hydrogens is 228 g/mol. The summed E-state index contributed by atoms with van der Waals surface area (Å²) in [5.41, 5.74) is 1.16. The van der Waals surface area contributed by atoms with Crippen LogP contribution in [0.4, 0.5) is 0 Å². The zero-order valence-electron chi connectivity index (χ0n) is 10.8. The van der Waals surface area contributed by atoms with Gasteiger partial charge in [0, 0.05) is 0 Å². The molecule has 0 N–H and O–H groups in total. The average molecular weight is 248 g/mol. The van der Waals surface area contributed by atoms with Crippen molar-refractivity contribution >= 4 is 14.4 Å². The highest BCUT2D eigenvalue weighted by Crippen LogP contribution is 2.09. The maximum Gasteiger partial charge on any atom is 0.257 e. The SMILES string of the molecule is C=C(OC/C=C/c1ccccc1)O[Si](C)(C)C. The number of hydrogen-bond donors (Lipinski definition) is 0. The van der Waals surface area contributed by atoms with Crippen molar-refractivity contribution in [3.63, 3.8) is 0 Å². The zero-order chi connectivity index (χ0) is 12.7. The van der Waals surface area contributed by atoms with E-state index in [9.17, 15) is 0 Å². The summed E-state index contributed by atoms with van der Waals surface area (Å²) < 4.78 is 10.9. The van der Waals surface area contributed by atoms with E-state index in [1.807, 2.05) is 42.5 Å². The predicted molar refractivity (Wildman–Crippen MR) is 75.0 cm³/mol. The van der Waals surface area contributed by atoms with Gasteiger partial charge in [0.2, 0.25) is 8.32 Å². The Labute approximate surface area is 105 Å². The zero-order valence-corrected chi connectivity index (χ0v) is 11.8. The molecular formula is C14H20O2Si. The van der Waals surface area contributed by atoms with Crippen molar-refractivity contribution in [1.29, 1.82) is 0 Å². The molecule has 92 valence electrons. The molecule has 0 aliphatic heterocycles. The Balaban J connectivity index is 2.29. The van der Waals surface area contributed by atoms with Crippen molar-refractivity contribution in [2.45, 2.75) is 19.6 Å². The fourth-order valence-electron chi connectivity index (χ4n) is 1.26. The number of rotatable bonds is 6. The van der Waals surface area contributed by atoms with Gasteiger partial charge in [0.1, 0.15) is 6.61 Å². The molecule has 1 aromatic carbocycles. The summed E-state index contributed by atoms with van der Waals surface area (Å²) in [6.07, 6.45) is 3.97. The van der Waals surface area contributed by atoms with Gasteiger partial charge in [0.15, 0.2) is 0 Å². The molecule has 0 fully saturated rings. The molecule has 2 nitrogen and oxygen atoms in total. The second-order valence-corrected chi connectivity index (χ2v) is 9.14. The fourth-order valence-corrected chi connectivity index (χ4v) is 2.00. The Morgan fingerprint density at radius 3 is 2.47 bits per heavy atom. The smallest absolute Gasteiger partial charge is 0.257 e. The molecule has 0 aliphatic rings. The van der Waals surface area contributed by atoms with Crippen LogP contribution in [-0.4, -0.2) is 14.9 Å². The van der Waals surface area contributed by atoms with E-state index in [0.29, 0.717) is 12.6 Å². The molecule has 0 radical (unpaired) electrons. The Kier molecular flexibility index (Phi) is 5.03. The van der Waals surface area contributed by atoms with E-state index in [1.54, 1.807) is 0 Å². The molecule has 0 saturated carbocycles. The van der Waals surface area contributed by atoms with E-state index in [2.05, 4.69) is 26.2 Å². The summed E-state index contributed by atoms with van der Waals surface area (Å²) in [5, 5.41) is 0. The molecule has 0 aliphatic carbocycles. The highest BCUT2D eigenvalue weighted by molar-refractivity contribution is 6.69. The Morgan fingerprint density at radius 2 is 1.88 bits per heavy atom. The van der Waals surface area contributed by atoms with E-state index in [4.69, 9.17) is 9.16 Å². The van der Waals surface area contributed by atoms with Crippen LogP contribution in [0.2, 0.25) is 19.6 Å². The first kappa shape index (κ1) is 13.6. The number of hydrogen-bond acceptors (Lipinski definition) is 2. The Morgan fingerprint density at radius 1 is 1.24 bits per heavy atom. The van der Waals surface area contributed by atoms with Gasteiger partial charge < -0.3 is 9.16 Å². The van der Waals surface area contributed by atoms with Crippen molar-refractivity contribution in [2.75, 3.05) is 6.61 Å². The third-order valence-corrected chi connectivity index (χ3v) is 2.71. The minimum atomic E-state index is -1.59. The molecule has 0 unspecified atom stereocenters. The van der Waals surface area contributed by atoms with Gasteiger partial charge in [-0.3, -0.25) is 0 Å². The lowest BCUT2D eigenvalue weighted by molar-refractivity contribution is 0.125. The summed E-state index contributed by atoms with van der Waals surface area (Å²) in [6.45, 7) is 10.5. The van der Waals surface area contributed by atoms with Crippen LogP contribution < -0.4 is 0 Å². The molecule has 17 heavy (non-hydrogen) atoms. The van der Waals surface area contributed by atoms with Gasteiger partial charge in [-0.15, -0.1) is 0 Å². The van der Waals surface area contributed by atoms with E-state index in [0.717, 1.165) is 5.56 Å². The topological polar surface area (TPSA) is 18.5 Å². The van der Waals surface area contributed by atoms with Crippen molar-refractivity contribution < 1.29 is 9.16 Å². The van der Waals surface area contributed by atoms with Crippen LogP contribution in [0.1, 0.15) is 5.56 Å². The van der Waals surface area contributed by atoms with Crippen LogP contribution >= 0.6 is 0 Å². The Bertz CT molecular complexity index is 377. The van der Waals surface area contributed by atoms with Crippen molar-refractivity contribution in [3.05, 3.63) is 54.5 Å². The van der Waals surface area contributed by atoms with E-state index < -0.39 is 8.32 Å². The predicted octanol–water partition coefficient (Wildman–Crippen LogP) is 4.04. The largest absolute Gasteiger partial charge is 0.520 e. The van der Waals surface area contributed by atoms with Gasteiger partial charge in [-0.1, -0.05) is 36.4 Å². The molecule has 0 saturated heterocycles. The molecule has 0 spiro atoms. The van der Waals surface area contributed by atoms with E-state index in [1.165, 1.54) is 0 Å². The standard InChI is InChI=1S/C14H20O2Si/c1-13(16-17(2,3)4)15-12-8-11-14-9-6-5-7-10-14/h5-11H,1,12H2,2-4H3/b11-8+. The van der Waals surface area contributed by atoms with E-state index >= 15 is 0 Å². The van der Waals surface area contributed by atoms with Gasteiger partial charge in [0.25, 0.3) is 5.95 Å². The van der Waals surface area contributed by atoms with Gasteiger partial charge >= 0.3 is 0 Å². The first-order valence-corrected chi connectivity index (χ1v) is 9.10. The highest BCUT2D eigenvalue weighted by Gasteiger charge is 2.17. The summed E-state index contributed by atoms with van der Waals surface area (Å²) in [7, 11) is -1.59. The molecule has 1 rings (SSSR count). The van der Waals surface area contributed by atoms with Crippen molar-refractivity contribution in [1.82, 2.24) is 0 Å². The lowest BCUT2D eigenvalue weighted by Crippen LogP contribution is -2.25. The minimum Gasteiger partial charge on any atom is -0.520 e. The van der Waals surface area contributed by atoms with Crippen LogP contribution in [0, 0.1) is 0 Å². The maximum atomic E-state index is 5.58. The summed E-state index contributed by atoms with van der Waals surface area (Å²) in [4.78, 5) is 0. The van der Waals surface area contributed by atoms with Crippen LogP contribution in [-0.2, 0) is 9.16 Å². The first-order valence-electron chi connectivity index (χ1n) is 5.70. The summed E-state index contributed by atoms with van der Waals surface area (Å²) >= 11 is 0. The second kappa shape index (κ2) is 6.30. The van der Waals surface area contributed by atoms with Gasteiger partial charge in [-0.2, -0.15) is 0 Å². The third kappa shape index (κ3) is 6.63. The lowest BCUT2D eigenvalue weighted by Gasteiger charge is -2.20. The second-order valence-electron chi connectivity index (χ2n) is 4.71. The highest BCUT2D eigenvalue weighted by atomic mass is 28.4. The summed E-state index contributed by atoms with van der Waals surface area (Å²) in [5.74, 6) is 0.418. The maximum absolute atomic E-state index is 5.58. The van der Waals surface area contributed by atoms with Gasteiger partial charge in [-0.05, 0) is 37.9 Å². The van der Waals surface area contributed by atoms with Gasteiger partial charge in [0.05, 0.1) is 0 Å². The average Bonchev–Trinajstić information content (AvgIpc) is 2.23. The molecule has 0 aromatic heterocycles. The molecule has 0 atom stereocenters. The third-order valence-electron chi connectivity index (χ3n) is 1.87. The van der Waals surface area contributed by atoms with Crippen LogP contribution in [0.5, 0.6) is 0 Å². The summed E-state index contributed by atoms with van der Waals surface area (Å²) in [6, 6.07) is 10.1. The number of benzene rings is 1. The molecule has 3 heteroatoms. The van der Waals surface area contributed by atoms with Crippen LogP contribution in [0.3, 0.4) is 0 Å². The Hall–Kier alpha value is -1.48. The quantitative estimate of drug-likeness (QED) is 0.559. The lowest BCUT2D eigenvalue weighted by atomic mass is 10.2. The molecule has 1 aromatic rings. The monoisotopic (exact) mass is 248 g/mol. The van der Waals surface area contributed by atoms with E-state index in [-0.39, 0.29) is 0 Å². The van der Waals surface area contributed by atoms with Crippen molar-refractivity contribution in [2.24, 2.45) is 0 Å². The normalized spacial score (nSPS) is 11.5. The van der Waals surface area contributed by atoms with Crippen LogP contribution in [0.15, 0.2) is 48.9 Å². The van der Waals surface area contributed by atoms with Crippen molar-refractivity contribution in [3.8, 4) is 0 Å². The minimum absolute atomic E-state index is 0.418. The first-order chi connectivity index (χ1) is 7.97. The van der Waals surface area contributed by atoms with Gasteiger partial charge in [-0.25, -0.2) is 0 Å².